The topological polar surface area (TPSA) is 64.8 Å². The number of piperidine rings is 1. The normalized spacial score (nSPS) is 20.3. The zero-order valence-electron chi connectivity index (χ0n) is 23.0. The van der Waals surface area contributed by atoms with Crippen LogP contribution in [0.2, 0.25) is 5.02 Å². The number of carbonyl (C=O) groups is 1. The average molecular weight is 606 g/mol. The van der Waals surface area contributed by atoms with Gasteiger partial charge in [0.25, 0.3) is 0 Å². The molecular weight excluding hydrogens is 574 g/mol. The molecule has 0 amide bonds. The van der Waals surface area contributed by atoms with Gasteiger partial charge in [0, 0.05) is 73.3 Å². The van der Waals surface area contributed by atoms with Crippen LogP contribution in [0.1, 0.15) is 47.8 Å². The lowest BCUT2D eigenvalue weighted by atomic mass is 9.98. The molecular formula is C30H32ClF4N5O2. The molecule has 3 fully saturated rings. The monoisotopic (exact) mass is 605 g/mol. The first-order chi connectivity index (χ1) is 20.1. The molecule has 2 aromatic carbocycles. The second-order valence-electron chi connectivity index (χ2n) is 11.5. The SMILES string of the molecule is O=C(O)c1cnn(C2CCCN(c3cc(Cl)ccc3-c3ccc(N4CCN(CC5CC5)CC4)cc3F)C2)c1C(F)(F)F. The van der Waals surface area contributed by atoms with Crippen LogP contribution in [0, 0.1) is 11.7 Å². The molecule has 7 nitrogen and oxygen atoms in total. The smallest absolute Gasteiger partial charge is 0.433 e. The molecule has 0 radical (unpaired) electrons. The van der Waals surface area contributed by atoms with Crippen molar-refractivity contribution in [1.82, 2.24) is 14.7 Å². The van der Waals surface area contributed by atoms with E-state index in [-0.39, 0.29) is 12.4 Å². The minimum Gasteiger partial charge on any atom is -0.478 e. The fourth-order valence-electron chi connectivity index (χ4n) is 6.22. The fourth-order valence-corrected chi connectivity index (χ4v) is 6.39. The number of aromatic carboxylic acids is 1. The Kier molecular flexibility index (Phi) is 7.82. The summed E-state index contributed by atoms with van der Waals surface area (Å²) in [7, 11) is 0. The van der Waals surface area contributed by atoms with Gasteiger partial charge in [-0.2, -0.15) is 18.3 Å². The van der Waals surface area contributed by atoms with Crippen molar-refractivity contribution in [3.8, 4) is 11.1 Å². The van der Waals surface area contributed by atoms with Crippen LogP contribution in [0.4, 0.5) is 28.9 Å². The number of rotatable bonds is 7. The molecule has 12 heteroatoms. The summed E-state index contributed by atoms with van der Waals surface area (Å²) in [6.07, 6.45) is -0.582. The Morgan fingerprint density at radius 2 is 1.71 bits per heavy atom. The summed E-state index contributed by atoms with van der Waals surface area (Å²) >= 11 is 6.35. The van der Waals surface area contributed by atoms with Gasteiger partial charge in [-0.25, -0.2) is 9.18 Å². The van der Waals surface area contributed by atoms with Crippen LogP contribution < -0.4 is 9.80 Å². The maximum Gasteiger partial charge on any atom is 0.433 e. The van der Waals surface area contributed by atoms with Crippen LogP contribution in [0.3, 0.4) is 0 Å². The zero-order valence-corrected chi connectivity index (χ0v) is 23.7. The molecule has 1 saturated carbocycles. The van der Waals surface area contributed by atoms with Crippen LogP contribution in [0.25, 0.3) is 11.1 Å². The Morgan fingerprint density at radius 3 is 2.38 bits per heavy atom. The van der Waals surface area contributed by atoms with E-state index in [9.17, 15) is 23.1 Å². The third kappa shape index (κ3) is 5.94. The number of carboxylic acids is 1. The maximum atomic E-state index is 15.7. The molecule has 1 aromatic heterocycles. The highest BCUT2D eigenvalue weighted by molar-refractivity contribution is 6.31. The Bertz CT molecular complexity index is 1470. The number of hydrogen-bond donors (Lipinski definition) is 1. The van der Waals surface area contributed by atoms with Gasteiger partial charge in [-0.15, -0.1) is 0 Å². The number of aromatic nitrogens is 2. The van der Waals surface area contributed by atoms with Gasteiger partial charge in [-0.05, 0) is 61.9 Å². The number of anilines is 2. The van der Waals surface area contributed by atoms with E-state index in [0.717, 1.165) is 55.2 Å². The molecule has 1 N–H and O–H groups in total. The number of alkyl halides is 3. The van der Waals surface area contributed by atoms with E-state index in [1.54, 1.807) is 30.3 Å². The van der Waals surface area contributed by atoms with Gasteiger partial charge in [-0.3, -0.25) is 9.58 Å². The van der Waals surface area contributed by atoms with Gasteiger partial charge >= 0.3 is 12.1 Å². The van der Waals surface area contributed by atoms with Gasteiger partial charge in [-0.1, -0.05) is 17.7 Å². The summed E-state index contributed by atoms with van der Waals surface area (Å²) in [6.45, 7) is 5.38. The molecule has 2 aliphatic heterocycles. The van der Waals surface area contributed by atoms with Crippen LogP contribution in [-0.2, 0) is 6.18 Å². The molecule has 42 heavy (non-hydrogen) atoms. The molecule has 0 spiro atoms. The summed E-state index contributed by atoms with van der Waals surface area (Å²) in [5.41, 5.74) is 0.233. The number of benzene rings is 2. The molecule has 1 unspecified atom stereocenters. The van der Waals surface area contributed by atoms with Gasteiger partial charge in [0.2, 0.25) is 0 Å². The van der Waals surface area contributed by atoms with E-state index in [1.165, 1.54) is 12.8 Å². The molecule has 2 saturated heterocycles. The minimum atomic E-state index is -4.89. The zero-order chi connectivity index (χ0) is 29.6. The predicted molar refractivity (Wildman–Crippen MR) is 153 cm³/mol. The summed E-state index contributed by atoms with van der Waals surface area (Å²) < 4.78 is 58.2. The Balaban J connectivity index is 1.25. The second-order valence-corrected chi connectivity index (χ2v) is 11.9. The molecule has 6 rings (SSSR count). The number of hydrogen-bond acceptors (Lipinski definition) is 5. The first kappa shape index (κ1) is 28.8. The van der Waals surface area contributed by atoms with Crippen LogP contribution >= 0.6 is 11.6 Å². The molecule has 3 heterocycles. The third-order valence-electron chi connectivity index (χ3n) is 8.53. The minimum absolute atomic E-state index is 0.127. The highest BCUT2D eigenvalue weighted by atomic mass is 35.5. The summed E-state index contributed by atoms with van der Waals surface area (Å²) in [6, 6.07) is 9.58. The quantitative estimate of drug-likeness (QED) is 0.313. The fraction of sp³-hybridized carbons (Fsp3) is 0.467. The van der Waals surface area contributed by atoms with Gasteiger partial charge in [0.15, 0.2) is 5.69 Å². The van der Waals surface area contributed by atoms with Crippen LogP contribution in [0.15, 0.2) is 42.6 Å². The van der Waals surface area contributed by atoms with Crippen molar-refractivity contribution < 1.29 is 27.5 Å². The second kappa shape index (κ2) is 11.4. The Hall–Kier alpha value is -3.31. The lowest BCUT2D eigenvalue weighted by molar-refractivity contribution is -0.145. The molecule has 3 aliphatic rings. The maximum absolute atomic E-state index is 15.7. The molecule has 0 bridgehead atoms. The van der Waals surface area contributed by atoms with E-state index in [1.807, 2.05) is 11.0 Å². The Labute approximate surface area is 246 Å². The van der Waals surface area contributed by atoms with Crippen LogP contribution in [0.5, 0.6) is 0 Å². The van der Waals surface area contributed by atoms with Crippen LogP contribution in [-0.4, -0.2) is 71.6 Å². The lowest BCUT2D eigenvalue weighted by Gasteiger charge is -2.37. The Morgan fingerprint density at radius 1 is 0.976 bits per heavy atom. The van der Waals surface area contributed by atoms with E-state index < -0.39 is 29.4 Å². The van der Waals surface area contributed by atoms with Gasteiger partial charge < -0.3 is 14.9 Å². The number of carboxylic acid groups (broad SMARTS) is 1. The standard InChI is InChI=1S/C30H32ClF4N5O2/c31-20-5-7-24(23-8-6-21(15-26(23)32)38-12-10-37(11-13-38)17-19-3-4-19)27(14-20)39-9-1-2-22(18-39)40-28(30(33,34)35)25(16-36-40)29(41)42/h5-8,14-16,19,22H,1-4,9-13,17-18H2,(H,41,42). The van der Waals surface area contributed by atoms with Crippen molar-refractivity contribution in [2.45, 2.75) is 37.9 Å². The van der Waals surface area contributed by atoms with Gasteiger partial charge in [0.1, 0.15) is 11.4 Å². The largest absolute Gasteiger partial charge is 0.478 e. The van der Waals surface area contributed by atoms with Crippen molar-refractivity contribution >= 4 is 28.9 Å². The summed E-state index contributed by atoms with van der Waals surface area (Å²) in [5.74, 6) is -1.23. The van der Waals surface area contributed by atoms with E-state index >= 15 is 4.39 Å². The first-order valence-electron chi connectivity index (χ1n) is 14.3. The van der Waals surface area contributed by atoms with Gasteiger partial charge in [0.05, 0.1) is 12.2 Å². The summed E-state index contributed by atoms with van der Waals surface area (Å²) in [4.78, 5) is 18.0. The van der Waals surface area contributed by atoms with Crippen molar-refractivity contribution in [3.63, 3.8) is 0 Å². The molecule has 3 aromatic rings. The van der Waals surface area contributed by atoms with E-state index in [4.69, 9.17) is 11.6 Å². The number of nitrogens with zero attached hydrogens (tertiary/aromatic N) is 5. The van der Waals surface area contributed by atoms with E-state index in [2.05, 4.69) is 14.9 Å². The lowest BCUT2D eigenvalue weighted by Crippen LogP contribution is -2.47. The van der Waals surface area contributed by atoms with E-state index in [0.29, 0.717) is 41.2 Å². The predicted octanol–water partition coefficient (Wildman–Crippen LogP) is 6.43. The molecule has 1 atom stereocenters. The van der Waals surface area contributed by atoms with Crippen molar-refractivity contribution in [3.05, 3.63) is 64.7 Å². The average Bonchev–Trinajstić information content (AvgIpc) is 3.65. The molecule has 224 valence electrons. The third-order valence-corrected chi connectivity index (χ3v) is 8.77. The number of piperazine rings is 1. The molecule has 1 aliphatic carbocycles. The van der Waals surface area contributed by atoms with Crippen molar-refractivity contribution in [2.24, 2.45) is 5.92 Å². The number of halogens is 5. The first-order valence-corrected chi connectivity index (χ1v) is 14.7. The highest BCUT2D eigenvalue weighted by Crippen LogP contribution is 2.40. The highest BCUT2D eigenvalue weighted by Gasteiger charge is 2.42. The van der Waals surface area contributed by atoms with Crippen molar-refractivity contribution in [1.29, 1.82) is 0 Å². The summed E-state index contributed by atoms with van der Waals surface area (Å²) in [5, 5.41) is 13.6. The van der Waals surface area contributed by atoms with Crippen molar-refractivity contribution in [2.75, 3.05) is 55.6 Å².